The first-order chi connectivity index (χ1) is 7.34. The van der Waals surface area contributed by atoms with Gasteiger partial charge in [-0.1, -0.05) is 45.9 Å². The Labute approximate surface area is 96.8 Å². The van der Waals surface area contributed by atoms with Crippen LogP contribution < -0.4 is 0 Å². The van der Waals surface area contributed by atoms with E-state index in [-0.39, 0.29) is 11.3 Å². The predicted octanol–water partition coefficient (Wildman–Crippen LogP) is 3.48. The monoisotopic (exact) mass is 225 g/mol. The van der Waals surface area contributed by atoms with Gasteiger partial charge in [-0.2, -0.15) is 0 Å². The van der Waals surface area contributed by atoms with Crippen molar-refractivity contribution in [2.24, 2.45) is 11.3 Å². The zero-order valence-electron chi connectivity index (χ0n) is 10.9. The third-order valence-electron chi connectivity index (χ3n) is 2.67. The largest absolute Gasteiger partial charge is 0.254 e. The first-order valence-electron chi connectivity index (χ1n) is 5.79. The Morgan fingerprint density at radius 1 is 1.33 bits per heavy atom. The average Bonchev–Trinajstić information content (AvgIpc) is 2.26. The summed E-state index contributed by atoms with van der Waals surface area (Å²) in [4.78, 5) is 0.749. The summed E-state index contributed by atoms with van der Waals surface area (Å²) in [6, 6.07) is 9.27. The van der Waals surface area contributed by atoms with Gasteiger partial charge in [0.15, 0.2) is 0 Å². The van der Waals surface area contributed by atoms with Gasteiger partial charge in [-0.05, 0) is 23.5 Å². The summed E-state index contributed by atoms with van der Waals surface area (Å²) in [6.07, 6.45) is 0. The summed E-state index contributed by atoms with van der Waals surface area (Å²) >= 11 is 0. The van der Waals surface area contributed by atoms with E-state index in [1.807, 2.05) is 37.3 Å². The van der Waals surface area contributed by atoms with Crippen molar-refractivity contribution in [2.75, 3.05) is 5.73 Å². The number of hydrogen-bond donors (Lipinski definition) is 0. The van der Waals surface area contributed by atoms with Crippen molar-refractivity contribution in [1.29, 1.82) is 0 Å². The van der Waals surface area contributed by atoms with Crippen LogP contribution in [0.2, 0.25) is 0 Å². The molecule has 0 saturated carbocycles. The summed E-state index contributed by atoms with van der Waals surface area (Å²) in [5.74, 6) is 0.0912. The SMILES string of the molecule is [2H][C@H]([C@@H](C)C(C)(C)C)S(=O)c1ccccc1. The molecule has 0 spiro atoms. The van der Waals surface area contributed by atoms with Crippen LogP contribution in [0.1, 0.15) is 29.1 Å². The molecular formula is C13H20OS. The molecule has 3 atom stereocenters. The highest BCUT2D eigenvalue weighted by atomic mass is 32.2. The molecule has 0 heterocycles. The van der Waals surface area contributed by atoms with Gasteiger partial charge in [-0.3, -0.25) is 4.21 Å². The van der Waals surface area contributed by atoms with E-state index in [1.54, 1.807) is 0 Å². The van der Waals surface area contributed by atoms with Crippen molar-refractivity contribution in [3.8, 4) is 0 Å². The van der Waals surface area contributed by atoms with E-state index in [0.29, 0.717) is 0 Å². The van der Waals surface area contributed by atoms with Gasteiger partial charge in [0.2, 0.25) is 0 Å². The Morgan fingerprint density at radius 3 is 2.33 bits per heavy atom. The Morgan fingerprint density at radius 2 is 1.87 bits per heavy atom. The molecule has 0 aromatic heterocycles. The standard InChI is InChI=1S/C13H20OS/c1-11(13(2,3)4)10-15(14)12-8-6-5-7-9-12/h5-9,11H,10H2,1-4H3/t11-,15?/m1/s1/i10D/t10-,11-,15?. The molecule has 0 aliphatic rings. The Hall–Kier alpha value is -0.630. The van der Waals surface area contributed by atoms with E-state index in [4.69, 9.17) is 1.37 Å². The fourth-order valence-electron chi connectivity index (χ4n) is 1.02. The maximum Gasteiger partial charge on any atom is 0.0532 e. The molecule has 0 bridgehead atoms. The normalized spacial score (nSPS) is 19.1. The highest BCUT2D eigenvalue weighted by Crippen LogP contribution is 2.27. The van der Waals surface area contributed by atoms with E-state index in [9.17, 15) is 4.21 Å². The van der Waals surface area contributed by atoms with Crippen LogP contribution in [0.5, 0.6) is 0 Å². The zero-order chi connectivity index (χ0) is 12.3. The third-order valence-corrected chi connectivity index (χ3v) is 4.06. The van der Waals surface area contributed by atoms with Crippen molar-refractivity contribution in [3.05, 3.63) is 30.3 Å². The second kappa shape index (κ2) is 4.93. The molecule has 0 amide bonds. The second-order valence-corrected chi connectivity index (χ2v) is 6.24. The first-order valence-corrected chi connectivity index (χ1v) is 6.43. The minimum Gasteiger partial charge on any atom is -0.254 e. The first kappa shape index (κ1) is 10.9. The van der Waals surface area contributed by atoms with Gasteiger partial charge in [0.1, 0.15) is 0 Å². The van der Waals surface area contributed by atoms with Crippen LogP contribution >= 0.6 is 0 Å². The van der Waals surface area contributed by atoms with Crippen LogP contribution in [-0.4, -0.2) is 9.94 Å². The molecule has 1 aromatic carbocycles. The minimum atomic E-state index is -1.24. The smallest absolute Gasteiger partial charge is 0.0532 e. The molecule has 1 rings (SSSR count). The van der Waals surface area contributed by atoms with E-state index >= 15 is 0 Å². The number of rotatable bonds is 3. The molecular weight excluding hydrogens is 204 g/mol. The Bertz CT molecular complexity index is 356. The molecule has 0 aliphatic carbocycles. The lowest BCUT2D eigenvalue weighted by molar-refractivity contribution is 0.287. The number of hydrogen-bond acceptors (Lipinski definition) is 1. The van der Waals surface area contributed by atoms with E-state index in [2.05, 4.69) is 20.8 Å². The summed E-state index contributed by atoms with van der Waals surface area (Å²) in [6.45, 7) is 8.25. The molecule has 0 N–H and O–H groups in total. The van der Waals surface area contributed by atoms with Crippen LogP contribution in [0.4, 0.5) is 0 Å². The quantitative estimate of drug-likeness (QED) is 0.769. The van der Waals surface area contributed by atoms with Crippen molar-refractivity contribution in [1.82, 2.24) is 0 Å². The molecule has 1 aromatic rings. The second-order valence-electron chi connectivity index (χ2n) is 4.90. The average molecular weight is 225 g/mol. The maximum absolute atomic E-state index is 12.2. The molecule has 1 nitrogen and oxygen atoms in total. The summed E-state index contributed by atoms with van der Waals surface area (Å²) in [5, 5.41) is 0. The summed E-state index contributed by atoms with van der Waals surface area (Å²) in [7, 11) is -1.24. The number of benzene rings is 1. The van der Waals surface area contributed by atoms with Crippen molar-refractivity contribution >= 4 is 10.8 Å². The maximum atomic E-state index is 12.2. The van der Waals surface area contributed by atoms with Gasteiger partial charge >= 0.3 is 0 Å². The fourth-order valence-corrected chi connectivity index (χ4v) is 2.38. The van der Waals surface area contributed by atoms with Crippen LogP contribution in [0.25, 0.3) is 0 Å². The molecule has 0 radical (unpaired) electrons. The van der Waals surface area contributed by atoms with Crippen molar-refractivity contribution in [3.63, 3.8) is 0 Å². The zero-order valence-corrected chi connectivity index (χ0v) is 10.7. The fraction of sp³-hybridized carbons (Fsp3) is 0.538. The molecule has 0 saturated heterocycles. The summed E-state index contributed by atoms with van der Waals surface area (Å²) in [5.41, 5.74) is -0.556. The molecule has 0 fully saturated rings. The molecule has 15 heavy (non-hydrogen) atoms. The Balaban J connectivity index is 2.84. The van der Waals surface area contributed by atoms with E-state index in [0.717, 1.165) is 4.90 Å². The molecule has 84 valence electrons. The van der Waals surface area contributed by atoms with Gasteiger partial charge < -0.3 is 0 Å². The van der Waals surface area contributed by atoms with Crippen LogP contribution in [0.15, 0.2) is 35.2 Å². The highest BCUT2D eigenvalue weighted by molar-refractivity contribution is 7.85. The summed E-state index contributed by atoms with van der Waals surface area (Å²) < 4.78 is 20.2. The Kier molecular flexibility index (Phi) is 3.57. The molecule has 0 aliphatic heterocycles. The highest BCUT2D eigenvalue weighted by Gasteiger charge is 2.22. The minimum absolute atomic E-state index is 0.0108. The van der Waals surface area contributed by atoms with Crippen LogP contribution in [-0.2, 0) is 10.8 Å². The third kappa shape index (κ3) is 3.78. The van der Waals surface area contributed by atoms with Gasteiger partial charge in [-0.15, -0.1) is 0 Å². The lowest BCUT2D eigenvalue weighted by Gasteiger charge is -2.26. The topological polar surface area (TPSA) is 17.1 Å². The molecule has 2 heteroatoms. The van der Waals surface area contributed by atoms with Crippen LogP contribution in [0.3, 0.4) is 0 Å². The lowest BCUT2D eigenvalue weighted by Crippen LogP contribution is -2.23. The van der Waals surface area contributed by atoms with Gasteiger partial charge in [0.05, 0.1) is 10.8 Å². The lowest BCUT2D eigenvalue weighted by atomic mass is 9.83. The van der Waals surface area contributed by atoms with E-state index < -0.39 is 16.5 Å². The van der Waals surface area contributed by atoms with Gasteiger partial charge in [0.25, 0.3) is 0 Å². The van der Waals surface area contributed by atoms with Crippen LogP contribution in [0, 0.1) is 11.3 Å². The van der Waals surface area contributed by atoms with Crippen molar-refractivity contribution in [2.45, 2.75) is 32.6 Å². The van der Waals surface area contributed by atoms with Gasteiger partial charge in [0, 0.05) is 12.0 Å². The van der Waals surface area contributed by atoms with E-state index in [1.165, 1.54) is 0 Å². The molecule has 1 unspecified atom stereocenters. The van der Waals surface area contributed by atoms with Gasteiger partial charge in [-0.25, -0.2) is 0 Å². The predicted molar refractivity (Wildman–Crippen MR) is 66.3 cm³/mol. The van der Waals surface area contributed by atoms with Crippen molar-refractivity contribution < 1.29 is 5.58 Å².